The molecular weight excluding hydrogens is 268 g/mol. The molecule has 7 heteroatoms. The first-order valence-corrected chi connectivity index (χ1v) is 7.11. The summed E-state index contributed by atoms with van der Waals surface area (Å²) in [5.74, 6) is 0.718. The highest BCUT2D eigenvalue weighted by molar-refractivity contribution is 5.99. The maximum atomic E-state index is 12.2. The molecule has 0 saturated heterocycles. The molecule has 3 N–H and O–H groups in total. The van der Waals surface area contributed by atoms with E-state index in [1.807, 2.05) is 6.07 Å². The molecule has 2 aromatic heterocycles. The van der Waals surface area contributed by atoms with Crippen LogP contribution >= 0.6 is 0 Å². The maximum absolute atomic E-state index is 12.2. The molecule has 2 rings (SSSR count). The van der Waals surface area contributed by atoms with E-state index in [0.717, 1.165) is 37.3 Å². The van der Waals surface area contributed by atoms with Gasteiger partial charge in [0.05, 0.1) is 11.3 Å². The van der Waals surface area contributed by atoms with Gasteiger partial charge in [-0.1, -0.05) is 6.92 Å². The van der Waals surface area contributed by atoms with E-state index in [4.69, 9.17) is 0 Å². The van der Waals surface area contributed by atoms with Gasteiger partial charge < -0.3 is 10.6 Å². The van der Waals surface area contributed by atoms with E-state index < -0.39 is 0 Å². The van der Waals surface area contributed by atoms with Crippen LogP contribution in [0.25, 0.3) is 0 Å². The lowest BCUT2D eigenvalue weighted by molar-refractivity contribution is 0.0953. The Morgan fingerprint density at radius 2 is 2.29 bits per heavy atom. The molecule has 0 unspecified atom stereocenters. The second kappa shape index (κ2) is 7.98. The standard InChI is InChI=1S/C14H20N6O/c1-2-6-16-12-5-8-15-9-11(12)14(21)17-7-3-4-13-18-10-19-20-13/h5,8-10H,2-4,6-7H2,1H3,(H,15,16)(H,17,21)(H,18,19,20). The maximum Gasteiger partial charge on any atom is 0.254 e. The highest BCUT2D eigenvalue weighted by atomic mass is 16.1. The van der Waals surface area contributed by atoms with E-state index >= 15 is 0 Å². The molecule has 7 nitrogen and oxygen atoms in total. The van der Waals surface area contributed by atoms with Crippen LogP contribution in [0.2, 0.25) is 0 Å². The van der Waals surface area contributed by atoms with Crippen LogP contribution in [0, 0.1) is 0 Å². The lowest BCUT2D eigenvalue weighted by Crippen LogP contribution is -2.26. The average molecular weight is 288 g/mol. The van der Waals surface area contributed by atoms with E-state index in [1.165, 1.54) is 6.33 Å². The van der Waals surface area contributed by atoms with Crippen molar-refractivity contribution < 1.29 is 4.79 Å². The number of nitrogens with zero attached hydrogens (tertiary/aromatic N) is 3. The number of hydrogen-bond acceptors (Lipinski definition) is 5. The third-order valence-corrected chi connectivity index (χ3v) is 2.97. The Morgan fingerprint density at radius 3 is 3.05 bits per heavy atom. The van der Waals surface area contributed by atoms with Gasteiger partial charge in [0.1, 0.15) is 12.2 Å². The third kappa shape index (κ3) is 4.55. The summed E-state index contributed by atoms with van der Waals surface area (Å²) >= 11 is 0. The lowest BCUT2D eigenvalue weighted by Gasteiger charge is -2.10. The molecule has 112 valence electrons. The second-order valence-corrected chi connectivity index (χ2v) is 4.64. The Kier molecular flexibility index (Phi) is 5.69. The molecule has 0 aromatic carbocycles. The zero-order valence-electron chi connectivity index (χ0n) is 12.1. The fourth-order valence-electron chi connectivity index (χ4n) is 1.89. The van der Waals surface area contributed by atoms with Gasteiger partial charge in [0.15, 0.2) is 0 Å². The van der Waals surface area contributed by atoms with Crippen molar-refractivity contribution in [1.82, 2.24) is 25.5 Å². The van der Waals surface area contributed by atoms with Crippen LogP contribution in [-0.4, -0.2) is 39.2 Å². The summed E-state index contributed by atoms with van der Waals surface area (Å²) in [5.41, 5.74) is 1.39. The normalized spacial score (nSPS) is 10.3. The van der Waals surface area contributed by atoms with Crippen molar-refractivity contribution in [3.05, 3.63) is 36.2 Å². The number of anilines is 1. The number of rotatable bonds is 8. The number of pyridine rings is 1. The Morgan fingerprint density at radius 1 is 1.38 bits per heavy atom. The zero-order valence-corrected chi connectivity index (χ0v) is 12.1. The number of nitrogens with one attached hydrogen (secondary N) is 3. The number of aromatic amines is 1. The first-order chi connectivity index (χ1) is 10.3. The molecule has 0 spiro atoms. The minimum Gasteiger partial charge on any atom is -0.384 e. The van der Waals surface area contributed by atoms with E-state index in [1.54, 1.807) is 12.4 Å². The lowest BCUT2D eigenvalue weighted by atomic mass is 10.2. The Balaban J connectivity index is 1.82. The first kappa shape index (κ1) is 15.0. The van der Waals surface area contributed by atoms with E-state index in [2.05, 4.69) is 37.7 Å². The van der Waals surface area contributed by atoms with Gasteiger partial charge in [-0.2, -0.15) is 5.10 Å². The van der Waals surface area contributed by atoms with Crippen molar-refractivity contribution in [1.29, 1.82) is 0 Å². The number of carbonyl (C=O) groups is 1. The number of aromatic nitrogens is 4. The Bertz CT molecular complexity index is 554. The summed E-state index contributed by atoms with van der Waals surface area (Å²) in [6.45, 7) is 3.49. The van der Waals surface area contributed by atoms with Gasteiger partial charge in [0, 0.05) is 31.9 Å². The SMILES string of the molecule is CCCNc1ccncc1C(=O)NCCCc1ncn[nH]1. The summed E-state index contributed by atoms with van der Waals surface area (Å²) in [6.07, 6.45) is 7.31. The van der Waals surface area contributed by atoms with Crippen LogP contribution in [-0.2, 0) is 6.42 Å². The molecule has 0 bridgehead atoms. The quantitative estimate of drug-likeness (QED) is 0.638. The van der Waals surface area contributed by atoms with Gasteiger partial charge >= 0.3 is 0 Å². The molecule has 0 aliphatic rings. The van der Waals surface area contributed by atoms with E-state index in [-0.39, 0.29) is 5.91 Å². The van der Waals surface area contributed by atoms with E-state index in [9.17, 15) is 4.79 Å². The van der Waals surface area contributed by atoms with Gasteiger partial charge in [0.2, 0.25) is 0 Å². The summed E-state index contributed by atoms with van der Waals surface area (Å²) in [5, 5.41) is 12.7. The third-order valence-electron chi connectivity index (χ3n) is 2.97. The van der Waals surface area contributed by atoms with Crippen LogP contribution in [0.15, 0.2) is 24.8 Å². The van der Waals surface area contributed by atoms with Gasteiger partial charge in [-0.3, -0.25) is 14.9 Å². The molecule has 2 aromatic rings. The predicted octanol–water partition coefficient (Wildman–Crippen LogP) is 1.38. The van der Waals surface area contributed by atoms with E-state index in [0.29, 0.717) is 12.1 Å². The minimum absolute atomic E-state index is 0.112. The fourth-order valence-corrected chi connectivity index (χ4v) is 1.89. The molecule has 2 heterocycles. The molecule has 0 fully saturated rings. The van der Waals surface area contributed by atoms with Crippen molar-refractivity contribution in [2.45, 2.75) is 26.2 Å². The molecular formula is C14H20N6O. The number of aryl methyl sites for hydroxylation is 1. The molecule has 0 aliphatic carbocycles. The number of carbonyl (C=O) groups excluding carboxylic acids is 1. The number of amides is 1. The topological polar surface area (TPSA) is 95.6 Å². The Hall–Kier alpha value is -2.44. The number of H-pyrrole nitrogens is 1. The zero-order chi connectivity index (χ0) is 14.9. The minimum atomic E-state index is -0.112. The van der Waals surface area contributed by atoms with Gasteiger partial charge in [-0.25, -0.2) is 4.98 Å². The van der Waals surface area contributed by atoms with Crippen molar-refractivity contribution in [2.24, 2.45) is 0 Å². The van der Waals surface area contributed by atoms with Gasteiger partial charge in [0.25, 0.3) is 5.91 Å². The Labute approximate surface area is 123 Å². The van der Waals surface area contributed by atoms with Crippen LogP contribution in [0.5, 0.6) is 0 Å². The molecule has 0 radical (unpaired) electrons. The predicted molar refractivity (Wildman–Crippen MR) is 80.1 cm³/mol. The summed E-state index contributed by atoms with van der Waals surface area (Å²) in [7, 11) is 0. The van der Waals surface area contributed by atoms with Crippen molar-refractivity contribution in [3.8, 4) is 0 Å². The molecule has 0 atom stereocenters. The van der Waals surface area contributed by atoms with Gasteiger partial charge in [-0.15, -0.1) is 0 Å². The second-order valence-electron chi connectivity index (χ2n) is 4.64. The van der Waals surface area contributed by atoms with Crippen molar-refractivity contribution >= 4 is 11.6 Å². The van der Waals surface area contributed by atoms with Crippen LogP contribution in [0.1, 0.15) is 35.9 Å². The molecule has 0 saturated carbocycles. The highest BCUT2D eigenvalue weighted by Gasteiger charge is 2.10. The van der Waals surface area contributed by atoms with Crippen molar-refractivity contribution in [3.63, 3.8) is 0 Å². The summed E-state index contributed by atoms with van der Waals surface area (Å²) < 4.78 is 0. The smallest absolute Gasteiger partial charge is 0.254 e. The van der Waals surface area contributed by atoms with Crippen molar-refractivity contribution in [2.75, 3.05) is 18.4 Å². The average Bonchev–Trinajstić information content (AvgIpc) is 3.03. The largest absolute Gasteiger partial charge is 0.384 e. The van der Waals surface area contributed by atoms with Crippen LogP contribution < -0.4 is 10.6 Å². The molecule has 21 heavy (non-hydrogen) atoms. The summed E-state index contributed by atoms with van der Waals surface area (Å²) in [6, 6.07) is 1.82. The summed E-state index contributed by atoms with van der Waals surface area (Å²) in [4.78, 5) is 20.2. The highest BCUT2D eigenvalue weighted by Crippen LogP contribution is 2.13. The molecule has 1 amide bonds. The monoisotopic (exact) mass is 288 g/mol. The van der Waals surface area contributed by atoms with Gasteiger partial charge in [-0.05, 0) is 18.9 Å². The first-order valence-electron chi connectivity index (χ1n) is 7.11. The van der Waals surface area contributed by atoms with Crippen LogP contribution in [0.4, 0.5) is 5.69 Å². The van der Waals surface area contributed by atoms with Crippen LogP contribution in [0.3, 0.4) is 0 Å². The fraction of sp³-hybridized carbons (Fsp3) is 0.429. The molecule has 0 aliphatic heterocycles. The number of hydrogen-bond donors (Lipinski definition) is 3.